The van der Waals surface area contributed by atoms with Gasteiger partial charge in [0.2, 0.25) is 0 Å². The molecule has 0 saturated heterocycles. The molecule has 1 aliphatic heterocycles. The summed E-state index contributed by atoms with van der Waals surface area (Å²) >= 11 is 1.76. The van der Waals surface area contributed by atoms with Crippen LogP contribution in [0.3, 0.4) is 0 Å². The van der Waals surface area contributed by atoms with Gasteiger partial charge in [0, 0.05) is 18.0 Å². The number of rotatable bonds is 4. The lowest BCUT2D eigenvalue weighted by molar-refractivity contribution is 0.0924. The van der Waals surface area contributed by atoms with Gasteiger partial charge in [0.1, 0.15) is 0 Å². The normalized spacial score (nSPS) is 18.5. The quantitative estimate of drug-likeness (QED) is 0.718. The predicted molar refractivity (Wildman–Crippen MR) is 99.2 cm³/mol. The van der Waals surface area contributed by atoms with Gasteiger partial charge in [0.15, 0.2) is 11.6 Å². The molecule has 4 rings (SSSR count). The molecule has 1 aliphatic rings. The van der Waals surface area contributed by atoms with E-state index in [4.69, 9.17) is 0 Å². The molecule has 0 fully saturated rings. The van der Waals surface area contributed by atoms with Crippen LogP contribution in [0, 0.1) is 11.6 Å². The number of aliphatic hydroxyl groups excluding tert-OH is 1. The molecule has 2 atom stereocenters. The Morgan fingerprint density at radius 3 is 2.65 bits per heavy atom. The topological polar surface area (TPSA) is 23.5 Å². The summed E-state index contributed by atoms with van der Waals surface area (Å²) in [6.45, 7) is 1.17. The van der Waals surface area contributed by atoms with Crippen LogP contribution in [-0.4, -0.2) is 23.1 Å². The van der Waals surface area contributed by atoms with Crippen LogP contribution in [0.15, 0.2) is 60.0 Å². The molecular formula is C21H19F2NOS. The van der Waals surface area contributed by atoms with Crippen LogP contribution in [0.2, 0.25) is 0 Å². The SMILES string of the molecule is O[C@H](CN1CCc2sccc2[C@@H]1c1ccccc1)c1ccc(F)c(F)c1. The molecule has 2 nitrogen and oxygen atoms in total. The van der Waals surface area contributed by atoms with Crippen LogP contribution in [0.4, 0.5) is 8.78 Å². The summed E-state index contributed by atoms with van der Waals surface area (Å²) in [7, 11) is 0. The van der Waals surface area contributed by atoms with Crippen LogP contribution in [0.25, 0.3) is 0 Å². The van der Waals surface area contributed by atoms with Crippen LogP contribution >= 0.6 is 11.3 Å². The third-order valence-electron chi connectivity index (χ3n) is 4.92. The number of β-amino-alcohol motifs (C(OH)–C–C–N with tert-alkyl or cyclic N) is 1. The van der Waals surface area contributed by atoms with E-state index in [2.05, 4.69) is 28.5 Å². The highest BCUT2D eigenvalue weighted by molar-refractivity contribution is 7.10. The van der Waals surface area contributed by atoms with Gasteiger partial charge in [-0.05, 0) is 46.7 Å². The third kappa shape index (κ3) is 3.30. The predicted octanol–water partition coefficient (Wildman–Crippen LogP) is 4.71. The number of thiophene rings is 1. The lowest BCUT2D eigenvalue weighted by Gasteiger charge is -2.37. The van der Waals surface area contributed by atoms with Gasteiger partial charge in [-0.3, -0.25) is 4.90 Å². The third-order valence-corrected chi connectivity index (χ3v) is 5.91. The van der Waals surface area contributed by atoms with Gasteiger partial charge in [-0.1, -0.05) is 36.4 Å². The molecule has 3 aromatic rings. The van der Waals surface area contributed by atoms with Gasteiger partial charge in [-0.2, -0.15) is 0 Å². The standard InChI is InChI=1S/C21H19F2NOS/c22-17-7-6-15(12-18(17)23)19(25)13-24-10-8-20-16(9-11-26-20)21(24)14-4-2-1-3-5-14/h1-7,9,11-12,19,21,25H,8,10,13H2/t19-,21+/m1/s1. The summed E-state index contributed by atoms with van der Waals surface area (Å²) in [6, 6.07) is 16.0. The number of hydrogen-bond acceptors (Lipinski definition) is 3. The molecule has 2 aromatic carbocycles. The monoisotopic (exact) mass is 371 g/mol. The molecule has 0 spiro atoms. The first-order valence-corrected chi connectivity index (χ1v) is 9.49. The summed E-state index contributed by atoms with van der Waals surface area (Å²) in [5, 5.41) is 12.7. The molecule has 0 radical (unpaired) electrons. The number of benzene rings is 2. The van der Waals surface area contributed by atoms with Crippen molar-refractivity contribution < 1.29 is 13.9 Å². The molecule has 0 amide bonds. The Morgan fingerprint density at radius 2 is 1.88 bits per heavy atom. The van der Waals surface area contributed by atoms with Gasteiger partial charge in [-0.25, -0.2) is 8.78 Å². The lowest BCUT2D eigenvalue weighted by atomic mass is 9.92. The highest BCUT2D eigenvalue weighted by atomic mass is 32.1. The minimum Gasteiger partial charge on any atom is -0.387 e. The molecule has 26 heavy (non-hydrogen) atoms. The van der Waals surface area contributed by atoms with E-state index in [9.17, 15) is 13.9 Å². The minimum absolute atomic E-state index is 0.0612. The molecular weight excluding hydrogens is 352 g/mol. The fraction of sp³-hybridized carbons (Fsp3) is 0.238. The van der Waals surface area contributed by atoms with Gasteiger partial charge in [0.05, 0.1) is 12.1 Å². The zero-order valence-corrected chi connectivity index (χ0v) is 14.9. The van der Waals surface area contributed by atoms with Crippen molar-refractivity contribution in [2.75, 3.05) is 13.1 Å². The molecule has 5 heteroatoms. The van der Waals surface area contributed by atoms with Crippen molar-refractivity contribution in [3.8, 4) is 0 Å². The highest BCUT2D eigenvalue weighted by Crippen LogP contribution is 2.38. The second-order valence-corrected chi connectivity index (χ2v) is 7.55. The average Bonchev–Trinajstić information content (AvgIpc) is 3.13. The number of aliphatic hydroxyl groups is 1. The van der Waals surface area contributed by atoms with Gasteiger partial charge in [-0.15, -0.1) is 11.3 Å². The van der Waals surface area contributed by atoms with E-state index in [0.29, 0.717) is 12.1 Å². The Morgan fingerprint density at radius 1 is 1.08 bits per heavy atom. The second kappa shape index (κ2) is 7.27. The first kappa shape index (κ1) is 17.3. The van der Waals surface area contributed by atoms with Crippen molar-refractivity contribution in [1.82, 2.24) is 4.90 Å². The first-order valence-electron chi connectivity index (χ1n) is 8.62. The molecule has 0 unspecified atom stereocenters. The van der Waals surface area contributed by atoms with E-state index < -0.39 is 17.7 Å². The molecule has 134 valence electrons. The van der Waals surface area contributed by atoms with Crippen molar-refractivity contribution in [1.29, 1.82) is 0 Å². The Kier molecular flexibility index (Phi) is 4.85. The van der Waals surface area contributed by atoms with Crippen LogP contribution in [-0.2, 0) is 6.42 Å². The maximum atomic E-state index is 13.5. The van der Waals surface area contributed by atoms with Gasteiger partial charge < -0.3 is 5.11 Å². The van der Waals surface area contributed by atoms with Crippen molar-refractivity contribution in [2.24, 2.45) is 0 Å². The van der Waals surface area contributed by atoms with E-state index in [0.717, 1.165) is 25.1 Å². The van der Waals surface area contributed by atoms with E-state index >= 15 is 0 Å². The fourth-order valence-corrected chi connectivity index (χ4v) is 4.54. The van der Waals surface area contributed by atoms with Crippen molar-refractivity contribution in [3.63, 3.8) is 0 Å². The highest BCUT2D eigenvalue weighted by Gasteiger charge is 2.31. The average molecular weight is 371 g/mol. The smallest absolute Gasteiger partial charge is 0.159 e. The Bertz CT molecular complexity index is 896. The number of hydrogen-bond donors (Lipinski definition) is 1. The molecule has 0 bridgehead atoms. The molecule has 2 heterocycles. The van der Waals surface area contributed by atoms with Crippen molar-refractivity contribution >= 4 is 11.3 Å². The van der Waals surface area contributed by atoms with Crippen molar-refractivity contribution in [3.05, 3.63) is 93.2 Å². The van der Waals surface area contributed by atoms with Crippen molar-refractivity contribution in [2.45, 2.75) is 18.6 Å². The van der Waals surface area contributed by atoms with Gasteiger partial charge in [0.25, 0.3) is 0 Å². The lowest BCUT2D eigenvalue weighted by Crippen LogP contribution is -2.38. The van der Waals surface area contributed by atoms with E-state index in [1.54, 1.807) is 11.3 Å². The molecule has 0 aliphatic carbocycles. The van der Waals surface area contributed by atoms with Gasteiger partial charge >= 0.3 is 0 Å². The van der Waals surface area contributed by atoms with E-state index in [-0.39, 0.29) is 6.04 Å². The maximum absolute atomic E-state index is 13.5. The largest absolute Gasteiger partial charge is 0.387 e. The summed E-state index contributed by atoms with van der Waals surface area (Å²) < 4.78 is 26.7. The molecule has 1 aromatic heterocycles. The summed E-state index contributed by atoms with van der Waals surface area (Å²) in [4.78, 5) is 3.59. The molecule has 0 saturated carbocycles. The number of halogens is 2. The van der Waals surface area contributed by atoms with Crippen LogP contribution in [0.1, 0.15) is 33.7 Å². The number of fused-ring (bicyclic) bond motifs is 1. The molecule has 1 N–H and O–H groups in total. The summed E-state index contributed by atoms with van der Waals surface area (Å²) in [5.74, 6) is -1.83. The fourth-order valence-electron chi connectivity index (χ4n) is 3.64. The summed E-state index contributed by atoms with van der Waals surface area (Å²) in [5.41, 5.74) is 2.83. The Hall–Kier alpha value is -2.08. The maximum Gasteiger partial charge on any atom is 0.159 e. The Balaban J connectivity index is 1.63. The Labute approximate surface area is 155 Å². The zero-order chi connectivity index (χ0) is 18.1. The van der Waals surface area contributed by atoms with E-state index in [1.807, 2.05) is 18.2 Å². The second-order valence-electron chi connectivity index (χ2n) is 6.55. The first-order chi connectivity index (χ1) is 12.6. The summed E-state index contributed by atoms with van der Waals surface area (Å²) in [6.07, 6.45) is 0.0531. The zero-order valence-electron chi connectivity index (χ0n) is 14.1. The minimum atomic E-state index is -0.931. The van der Waals surface area contributed by atoms with Crippen LogP contribution in [0.5, 0.6) is 0 Å². The van der Waals surface area contributed by atoms with E-state index in [1.165, 1.54) is 22.1 Å². The number of nitrogens with zero attached hydrogens (tertiary/aromatic N) is 1. The van der Waals surface area contributed by atoms with Crippen LogP contribution < -0.4 is 0 Å².